The largest absolute Gasteiger partial charge is 0.486 e. The van der Waals surface area contributed by atoms with Gasteiger partial charge in [0.1, 0.15) is 29.6 Å². The van der Waals surface area contributed by atoms with Gasteiger partial charge >= 0.3 is 0 Å². The normalized spacial score (nSPS) is 13.2. The van der Waals surface area contributed by atoms with Gasteiger partial charge in [-0.3, -0.25) is 9.48 Å². The van der Waals surface area contributed by atoms with Crippen LogP contribution >= 0.6 is 15.9 Å². The molecule has 1 aliphatic rings. The Morgan fingerprint density at radius 1 is 1.29 bits per heavy atom. The molecule has 5 nitrogen and oxygen atoms in total. The number of nitrogens with zero attached hydrogens (tertiary/aromatic N) is 2. The third-order valence-electron chi connectivity index (χ3n) is 4.86. The molecule has 0 fully saturated rings. The van der Waals surface area contributed by atoms with Crippen molar-refractivity contribution in [3.8, 4) is 5.75 Å². The molecule has 4 rings (SSSR count). The van der Waals surface area contributed by atoms with E-state index in [1.165, 1.54) is 23.6 Å². The summed E-state index contributed by atoms with van der Waals surface area (Å²) in [5.74, 6) is 2.06. The van der Waals surface area contributed by atoms with Gasteiger partial charge in [-0.05, 0) is 89.7 Å². The first kappa shape index (κ1) is 18.7. The van der Waals surface area contributed by atoms with Gasteiger partial charge < -0.3 is 9.15 Å². The number of aromatic nitrogens is 2. The summed E-state index contributed by atoms with van der Waals surface area (Å²) in [6.07, 6.45) is 8.31. The van der Waals surface area contributed by atoms with Crippen LogP contribution in [0.15, 0.2) is 51.5 Å². The van der Waals surface area contributed by atoms with E-state index >= 15 is 0 Å². The topological polar surface area (TPSA) is 57.3 Å². The summed E-state index contributed by atoms with van der Waals surface area (Å²) in [4.78, 5) is 12.4. The second-order valence-electron chi connectivity index (χ2n) is 6.73. The highest BCUT2D eigenvalue weighted by Gasteiger charge is 2.14. The van der Waals surface area contributed by atoms with Crippen molar-refractivity contribution in [1.29, 1.82) is 0 Å². The Kier molecular flexibility index (Phi) is 5.48. The van der Waals surface area contributed by atoms with Crippen LogP contribution in [0.25, 0.3) is 6.08 Å². The van der Waals surface area contributed by atoms with Gasteiger partial charge in [-0.2, -0.15) is 5.10 Å². The second-order valence-corrected chi connectivity index (χ2v) is 7.59. The molecule has 0 N–H and O–H groups in total. The fraction of sp³-hybridized carbons (Fsp3) is 0.273. The molecule has 144 valence electrons. The molecule has 0 aliphatic heterocycles. The van der Waals surface area contributed by atoms with Crippen molar-refractivity contribution in [2.24, 2.45) is 0 Å². The van der Waals surface area contributed by atoms with Crippen molar-refractivity contribution in [3.05, 3.63) is 75.4 Å². The SMILES string of the molecule is CCn1ncc(Br)c1C(=O)/C=C/c1ccc(COc2ccc3c(c2)CCC3)o1. The van der Waals surface area contributed by atoms with E-state index in [2.05, 4.69) is 33.2 Å². The number of ether oxygens (including phenoxy) is 1. The number of carbonyl (C=O) groups is 1. The zero-order valence-electron chi connectivity index (χ0n) is 15.7. The maximum atomic E-state index is 12.4. The van der Waals surface area contributed by atoms with Crippen LogP contribution in [0.4, 0.5) is 0 Å². The minimum atomic E-state index is -0.126. The van der Waals surface area contributed by atoms with Crippen LogP contribution in [0.3, 0.4) is 0 Å². The summed E-state index contributed by atoms with van der Waals surface area (Å²) < 4.78 is 14.0. The van der Waals surface area contributed by atoms with Crippen LogP contribution in [-0.4, -0.2) is 15.6 Å². The molecule has 0 saturated heterocycles. The smallest absolute Gasteiger partial charge is 0.205 e. The Morgan fingerprint density at radius 3 is 3.00 bits per heavy atom. The third-order valence-corrected chi connectivity index (χ3v) is 5.44. The van der Waals surface area contributed by atoms with Gasteiger partial charge in [0.2, 0.25) is 5.78 Å². The summed E-state index contributed by atoms with van der Waals surface area (Å²) in [7, 11) is 0. The van der Waals surface area contributed by atoms with Crippen molar-refractivity contribution < 1.29 is 13.9 Å². The molecular formula is C22H21BrN2O3. The molecule has 6 heteroatoms. The second kappa shape index (κ2) is 8.19. The molecule has 0 spiro atoms. The Labute approximate surface area is 172 Å². The number of carbonyl (C=O) groups excluding carboxylic acids is 1. The number of fused-ring (bicyclic) bond motifs is 1. The van der Waals surface area contributed by atoms with Gasteiger partial charge in [0.25, 0.3) is 0 Å². The van der Waals surface area contributed by atoms with E-state index in [0.717, 1.165) is 18.6 Å². The summed E-state index contributed by atoms with van der Waals surface area (Å²) in [5, 5.41) is 4.16. The molecular weight excluding hydrogens is 420 g/mol. The minimum Gasteiger partial charge on any atom is -0.486 e. The lowest BCUT2D eigenvalue weighted by Gasteiger charge is -2.06. The number of aryl methyl sites for hydroxylation is 3. The molecule has 0 saturated carbocycles. The van der Waals surface area contributed by atoms with Crippen molar-refractivity contribution >= 4 is 27.8 Å². The van der Waals surface area contributed by atoms with E-state index in [1.807, 2.05) is 25.1 Å². The molecule has 0 radical (unpaired) electrons. The van der Waals surface area contributed by atoms with E-state index < -0.39 is 0 Å². The fourth-order valence-corrected chi connectivity index (χ4v) is 3.93. The van der Waals surface area contributed by atoms with E-state index in [-0.39, 0.29) is 5.78 Å². The Hall–Kier alpha value is -2.60. The standard InChI is InChI=1S/C22H21BrN2O3/c1-2-25-22(20(23)13-24-25)21(26)11-10-17-8-9-19(28-17)14-27-18-7-6-15-4-3-5-16(15)12-18/h6-13H,2-5,14H2,1H3/b11-10+. The number of benzene rings is 1. The van der Waals surface area contributed by atoms with E-state index in [0.29, 0.717) is 34.8 Å². The average Bonchev–Trinajstić information content (AvgIpc) is 3.43. The van der Waals surface area contributed by atoms with Crippen LogP contribution in [0.1, 0.15) is 46.5 Å². The average molecular weight is 441 g/mol. The zero-order valence-corrected chi connectivity index (χ0v) is 17.2. The number of halogens is 1. The van der Waals surface area contributed by atoms with Gasteiger partial charge in [-0.15, -0.1) is 0 Å². The van der Waals surface area contributed by atoms with E-state index in [1.54, 1.807) is 17.0 Å². The number of furan rings is 1. The minimum absolute atomic E-state index is 0.126. The number of rotatable bonds is 7. The van der Waals surface area contributed by atoms with Gasteiger partial charge in [0, 0.05) is 6.54 Å². The van der Waals surface area contributed by atoms with Crippen molar-refractivity contribution in [2.75, 3.05) is 0 Å². The molecule has 2 heterocycles. The fourth-order valence-electron chi connectivity index (χ4n) is 3.44. The lowest BCUT2D eigenvalue weighted by atomic mass is 10.1. The number of hydrogen-bond acceptors (Lipinski definition) is 4. The van der Waals surface area contributed by atoms with E-state index in [9.17, 15) is 4.79 Å². The third kappa shape index (κ3) is 3.97. The summed E-state index contributed by atoms with van der Waals surface area (Å²) in [6.45, 7) is 2.93. The van der Waals surface area contributed by atoms with Crippen LogP contribution in [-0.2, 0) is 26.0 Å². The van der Waals surface area contributed by atoms with Gasteiger partial charge in [0.05, 0.1) is 10.7 Å². The maximum Gasteiger partial charge on any atom is 0.205 e. The highest BCUT2D eigenvalue weighted by Crippen LogP contribution is 2.26. The summed E-state index contributed by atoms with van der Waals surface area (Å²) >= 11 is 3.37. The first-order valence-corrected chi connectivity index (χ1v) is 10.2. The lowest BCUT2D eigenvalue weighted by Crippen LogP contribution is -2.07. The highest BCUT2D eigenvalue weighted by atomic mass is 79.9. The van der Waals surface area contributed by atoms with Crippen molar-refractivity contribution in [1.82, 2.24) is 9.78 Å². The first-order valence-electron chi connectivity index (χ1n) is 9.41. The molecule has 0 bridgehead atoms. The number of hydrogen-bond donors (Lipinski definition) is 0. The first-order chi connectivity index (χ1) is 13.6. The van der Waals surface area contributed by atoms with Gasteiger partial charge in [0.15, 0.2) is 0 Å². The molecule has 0 amide bonds. The summed E-state index contributed by atoms with van der Waals surface area (Å²) in [5.41, 5.74) is 3.35. The molecule has 0 unspecified atom stereocenters. The van der Waals surface area contributed by atoms with Gasteiger partial charge in [-0.25, -0.2) is 0 Å². The van der Waals surface area contributed by atoms with Crippen LogP contribution in [0.5, 0.6) is 5.75 Å². The Bertz CT molecular complexity index is 1030. The number of ketones is 1. The predicted octanol–water partition coefficient (Wildman–Crippen LogP) is 5.22. The van der Waals surface area contributed by atoms with Crippen LogP contribution in [0.2, 0.25) is 0 Å². The van der Waals surface area contributed by atoms with Crippen LogP contribution in [0, 0.1) is 0 Å². The Morgan fingerprint density at radius 2 is 2.14 bits per heavy atom. The predicted molar refractivity (Wildman–Crippen MR) is 110 cm³/mol. The zero-order chi connectivity index (χ0) is 19.5. The van der Waals surface area contributed by atoms with Gasteiger partial charge in [-0.1, -0.05) is 6.07 Å². The molecule has 2 aromatic heterocycles. The molecule has 0 atom stereocenters. The maximum absolute atomic E-state index is 12.4. The molecule has 28 heavy (non-hydrogen) atoms. The van der Waals surface area contributed by atoms with Crippen molar-refractivity contribution in [3.63, 3.8) is 0 Å². The summed E-state index contributed by atoms with van der Waals surface area (Å²) in [6, 6.07) is 9.99. The highest BCUT2D eigenvalue weighted by molar-refractivity contribution is 9.10. The molecule has 1 aromatic carbocycles. The lowest BCUT2D eigenvalue weighted by molar-refractivity contribution is 0.103. The quantitative estimate of drug-likeness (QED) is 0.373. The Balaban J connectivity index is 1.38. The van der Waals surface area contributed by atoms with Crippen molar-refractivity contribution in [2.45, 2.75) is 39.3 Å². The molecule has 3 aromatic rings. The number of allylic oxidation sites excluding steroid dienone is 1. The van der Waals surface area contributed by atoms with E-state index in [4.69, 9.17) is 9.15 Å². The van der Waals surface area contributed by atoms with Crippen LogP contribution < -0.4 is 4.74 Å². The molecule has 1 aliphatic carbocycles. The monoisotopic (exact) mass is 440 g/mol.